The lowest BCUT2D eigenvalue weighted by atomic mass is 10.1. The molecule has 0 amide bonds. The highest BCUT2D eigenvalue weighted by Gasteiger charge is 2.12. The smallest absolute Gasteiger partial charge is 0.352 e. The van der Waals surface area contributed by atoms with Crippen LogP contribution in [-0.2, 0) is 6.54 Å². The Morgan fingerprint density at radius 1 is 1.21 bits per heavy atom. The summed E-state index contributed by atoms with van der Waals surface area (Å²) in [6.07, 6.45) is 3.40. The molecule has 0 atom stereocenters. The Hall–Kier alpha value is -3.37. The van der Waals surface area contributed by atoms with Crippen LogP contribution in [0.5, 0.6) is 0 Å². The lowest BCUT2D eigenvalue weighted by Crippen LogP contribution is -2.29. The zero-order valence-electron chi connectivity index (χ0n) is 19.0. The predicted octanol–water partition coefficient (Wildman–Crippen LogP) is 3.66. The molecule has 0 saturated heterocycles. The van der Waals surface area contributed by atoms with Gasteiger partial charge in [0.1, 0.15) is 5.69 Å². The van der Waals surface area contributed by atoms with Crippen molar-refractivity contribution in [2.75, 3.05) is 31.5 Å². The molecule has 2 heterocycles. The molecule has 1 aromatic carbocycles. The summed E-state index contributed by atoms with van der Waals surface area (Å²) in [5, 5.41) is 12.2. The molecule has 0 saturated carbocycles. The number of likely N-dealkylation sites (N-methyl/N-ethyl adjacent to an activating group) is 1. The van der Waals surface area contributed by atoms with E-state index >= 15 is 0 Å². The number of carboxylic acids is 1. The van der Waals surface area contributed by atoms with E-state index in [-0.39, 0.29) is 12.2 Å². The van der Waals surface area contributed by atoms with Crippen molar-refractivity contribution in [3.8, 4) is 11.3 Å². The monoisotopic (exact) mass is 460 g/mol. The zero-order valence-corrected chi connectivity index (χ0v) is 19.0. The number of nitrogens with zero attached hydrogens (tertiary/aromatic N) is 3. The van der Waals surface area contributed by atoms with E-state index in [1.807, 2.05) is 6.92 Å². The van der Waals surface area contributed by atoms with Gasteiger partial charge in [-0.15, -0.1) is 0 Å². The average molecular weight is 461 g/mol. The minimum absolute atomic E-state index is 0.147. The summed E-state index contributed by atoms with van der Waals surface area (Å²) in [4.78, 5) is 24.8. The van der Waals surface area contributed by atoms with Crippen molar-refractivity contribution < 1.29 is 18.7 Å². The molecule has 0 unspecified atom stereocenters. The van der Waals surface area contributed by atoms with E-state index in [2.05, 4.69) is 39.0 Å². The van der Waals surface area contributed by atoms with Gasteiger partial charge in [0.25, 0.3) is 0 Å². The average Bonchev–Trinajstić information content (AvgIpc) is 3.30. The van der Waals surface area contributed by atoms with E-state index in [1.54, 1.807) is 18.5 Å². The Bertz CT molecular complexity index is 1050. The topological polar surface area (TPSA) is 120 Å². The Labute approximate surface area is 191 Å². The highest BCUT2D eigenvalue weighted by atomic mass is 19.2. The van der Waals surface area contributed by atoms with Gasteiger partial charge in [0.05, 0.1) is 5.69 Å². The third kappa shape index (κ3) is 7.62. The Morgan fingerprint density at radius 2 is 1.94 bits per heavy atom. The van der Waals surface area contributed by atoms with Crippen molar-refractivity contribution in [2.45, 2.75) is 27.3 Å². The molecule has 3 rings (SSSR count). The largest absolute Gasteiger partial charge is 0.477 e. The summed E-state index contributed by atoms with van der Waals surface area (Å²) < 4.78 is 24.6. The van der Waals surface area contributed by atoms with Gasteiger partial charge in [-0.3, -0.25) is 0 Å². The van der Waals surface area contributed by atoms with Gasteiger partial charge in [-0.05, 0) is 49.3 Å². The number of anilines is 1. The van der Waals surface area contributed by atoms with Crippen molar-refractivity contribution >= 4 is 11.9 Å². The minimum Gasteiger partial charge on any atom is -0.477 e. The fourth-order valence-corrected chi connectivity index (χ4v) is 3.01. The molecule has 0 fully saturated rings. The van der Waals surface area contributed by atoms with Gasteiger partial charge in [0.2, 0.25) is 5.95 Å². The number of aryl methyl sites for hydroxylation is 1. The molecule has 0 aliphatic rings. The maximum absolute atomic E-state index is 12.3. The van der Waals surface area contributed by atoms with Crippen LogP contribution in [0.2, 0.25) is 0 Å². The Morgan fingerprint density at radius 3 is 2.52 bits per heavy atom. The van der Waals surface area contributed by atoms with E-state index < -0.39 is 17.6 Å². The van der Waals surface area contributed by atoms with E-state index in [0.29, 0.717) is 11.5 Å². The summed E-state index contributed by atoms with van der Waals surface area (Å²) >= 11 is 0. The van der Waals surface area contributed by atoms with Crippen LogP contribution in [0, 0.1) is 18.6 Å². The van der Waals surface area contributed by atoms with Crippen LogP contribution in [0.3, 0.4) is 0 Å². The molecule has 0 spiro atoms. The number of nitrogens with two attached hydrogens (primary N) is 1. The highest BCUT2D eigenvalue weighted by molar-refractivity contribution is 5.87. The second-order valence-electron chi connectivity index (χ2n) is 7.24. The number of aromatic carboxylic acids is 1. The standard InChI is InChI=1S/C16H23N5O2.C7H7F2N/c1-4-21(5-2)7-6-17-16-19-9-11(3)14(20-16)12-8-13(15(22)23)18-10-12;8-6-2-1-5(4-10)3-7(6)9/h8-10,18H,4-7H2,1-3H3,(H,22,23)(H,17,19,20);1-3H,4,10H2. The van der Waals surface area contributed by atoms with Gasteiger partial charge in [-0.25, -0.2) is 23.5 Å². The molecule has 10 heteroatoms. The van der Waals surface area contributed by atoms with Gasteiger partial charge in [-0.2, -0.15) is 0 Å². The predicted molar refractivity (Wildman–Crippen MR) is 124 cm³/mol. The summed E-state index contributed by atoms with van der Waals surface area (Å²) in [6, 6.07) is 5.20. The van der Waals surface area contributed by atoms with Crippen molar-refractivity contribution in [3.63, 3.8) is 0 Å². The van der Waals surface area contributed by atoms with Crippen LogP contribution in [-0.4, -0.2) is 57.1 Å². The number of aromatic amines is 1. The van der Waals surface area contributed by atoms with Crippen LogP contribution in [0.4, 0.5) is 14.7 Å². The number of nitrogens with one attached hydrogen (secondary N) is 2. The molecule has 0 aliphatic heterocycles. The number of carboxylic acid groups (broad SMARTS) is 1. The molecule has 0 bridgehead atoms. The van der Waals surface area contributed by atoms with Crippen molar-refractivity contribution in [2.24, 2.45) is 5.73 Å². The Kier molecular flexibility index (Phi) is 9.89. The van der Waals surface area contributed by atoms with Crippen LogP contribution in [0.25, 0.3) is 11.3 Å². The van der Waals surface area contributed by atoms with Gasteiger partial charge < -0.3 is 26.0 Å². The fourth-order valence-electron chi connectivity index (χ4n) is 3.01. The first-order valence-corrected chi connectivity index (χ1v) is 10.6. The first-order valence-electron chi connectivity index (χ1n) is 10.6. The number of rotatable bonds is 9. The molecule has 33 heavy (non-hydrogen) atoms. The van der Waals surface area contributed by atoms with E-state index in [0.717, 1.165) is 55.1 Å². The van der Waals surface area contributed by atoms with Crippen LogP contribution in [0.1, 0.15) is 35.5 Å². The highest BCUT2D eigenvalue weighted by Crippen LogP contribution is 2.22. The fraction of sp³-hybridized carbons (Fsp3) is 0.348. The summed E-state index contributed by atoms with van der Waals surface area (Å²) in [5.41, 5.74) is 8.30. The third-order valence-electron chi connectivity index (χ3n) is 4.98. The quantitative estimate of drug-likeness (QED) is 0.385. The molecule has 0 radical (unpaired) electrons. The van der Waals surface area contributed by atoms with Crippen molar-refractivity contribution in [1.82, 2.24) is 19.9 Å². The molecular weight excluding hydrogens is 430 g/mol. The molecular formula is C23H30F2N6O2. The second-order valence-corrected chi connectivity index (χ2v) is 7.24. The number of halogens is 2. The molecule has 3 aromatic rings. The second kappa shape index (κ2) is 12.6. The minimum atomic E-state index is -0.986. The van der Waals surface area contributed by atoms with Crippen LogP contribution >= 0.6 is 0 Å². The molecule has 2 aromatic heterocycles. The normalized spacial score (nSPS) is 10.6. The van der Waals surface area contributed by atoms with Gasteiger partial charge in [0.15, 0.2) is 11.6 Å². The SMILES string of the molecule is CCN(CC)CCNc1ncc(C)c(-c2c[nH]c(C(=O)O)c2)n1.NCc1ccc(F)c(F)c1. The number of H-pyrrole nitrogens is 1. The molecule has 8 nitrogen and oxygen atoms in total. The van der Waals surface area contributed by atoms with Crippen LogP contribution in [0.15, 0.2) is 36.7 Å². The Balaban J connectivity index is 0.000000321. The number of benzene rings is 1. The summed E-state index contributed by atoms with van der Waals surface area (Å²) in [7, 11) is 0. The van der Waals surface area contributed by atoms with E-state index in [1.165, 1.54) is 6.07 Å². The van der Waals surface area contributed by atoms with E-state index in [4.69, 9.17) is 10.8 Å². The molecule has 5 N–H and O–H groups in total. The number of carbonyl (C=O) groups is 1. The first kappa shape index (κ1) is 25.9. The van der Waals surface area contributed by atoms with E-state index in [9.17, 15) is 13.6 Å². The van der Waals surface area contributed by atoms with Crippen LogP contribution < -0.4 is 11.1 Å². The van der Waals surface area contributed by atoms with Gasteiger partial charge in [-0.1, -0.05) is 19.9 Å². The zero-order chi connectivity index (χ0) is 24.4. The summed E-state index contributed by atoms with van der Waals surface area (Å²) in [6.45, 7) is 10.1. The first-order chi connectivity index (χ1) is 15.8. The number of aromatic nitrogens is 3. The lowest BCUT2D eigenvalue weighted by molar-refractivity contribution is 0.0691. The summed E-state index contributed by atoms with van der Waals surface area (Å²) in [5.74, 6) is -2.11. The lowest BCUT2D eigenvalue weighted by Gasteiger charge is -2.18. The molecule has 0 aliphatic carbocycles. The maximum Gasteiger partial charge on any atom is 0.352 e. The number of hydrogen-bond acceptors (Lipinski definition) is 6. The maximum atomic E-state index is 12.3. The van der Waals surface area contributed by atoms with Crippen molar-refractivity contribution in [1.29, 1.82) is 0 Å². The van der Waals surface area contributed by atoms with Crippen molar-refractivity contribution in [3.05, 3.63) is 65.1 Å². The molecule has 178 valence electrons. The third-order valence-corrected chi connectivity index (χ3v) is 4.98. The number of hydrogen-bond donors (Lipinski definition) is 4. The van der Waals surface area contributed by atoms with Gasteiger partial charge >= 0.3 is 5.97 Å². The van der Waals surface area contributed by atoms with Gasteiger partial charge in [0, 0.05) is 37.6 Å².